The van der Waals surface area contributed by atoms with Crippen LogP contribution in [0.5, 0.6) is 0 Å². The Morgan fingerprint density at radius 1 is 1.00 bits per heavy atom. The lowest BCUT2D eigenvalue weighted by molar-refractivity contribution is 0.0247. The molecule has 0 fully saturated rings. The Hall–Kier alpha value is -3.41. The maximum Gasteiger partial charge on any atom is 0.375 e. The molecule has 4 aromatic rings. The Labute approximate surface area is 143 Å². The standard InChI is InChI=1S/C19H14N2O4/c1-12(17-20-21-18(25-17)13-7-3-2-4-8-13)23-19(22)16-11-14-9-5-6-10-15(14)24-16/h2-12H,1H3/t12-/m1/s1. The minimum absolute atomic E-state index is 0.135. The van der Waals surface area contributed by atoms with Crippen molar-refractivity contribution >= 4 is 16.9 Å². The van der Waals surface area contributed by atoms with Crippen LogP contribution in [0.4, 0.5) is 0 Å². The molecular weight excluding hydrogens is 320 g/mol. The zero-order valence-corrected chi connectivity index (χ0v) is 13.4. The normalized spacial score (nSPS) is 12.2. The first-order valence-electron chi connectivity index (χ1n) is 7.79. The summed E-state index contributed by atoms with van der Waals surface area (Å²) in [5.74, 6) is 0.157. The van der Waals surface area contributed by atoms with Gasteiger partial charge in [-0.05, 0) is 31.2 Å². The summed E-state index contributed by atoms with van der Waals surface area (Å²) in [5.41, 5.74) is 1.43. The molecule has 2 aromatic heterocycles. The van der Waals surface area contributed by atoms with Crippen molar-refractivity contribution in [2.75, 3.05) is 0 Å². The third-order valence-corrected chi connectivity index (χ3v) is 3.72. The zero-order chi connectivity index (χ0) is 17.2. The van der Waals surface area contributed by atoms with E-state index >= 15 is 0 Å². The Morgan fingerprint density at radius 2 is 1.76 bits per heavy atom. The van der Waals surface area contributed by atoms with Crippen molar-refractivity contribution in [3.8, 4) is 11.5 Å². The van der Waals surface area contributed by atoms with Gasteiger partial charge in [0.05, 0.1) is 0 Å². The lowest BCUT2D eigenvalue weighted by Gasteiger charge is -2.07. The second-order valence-corrected chi connectivity index (χ2v) is 5.51. The molecular formula is C19H14N2O4. The highest BCUT2D eigenvalue weighted by Crippen LogP contribution is 2.24. The molecule has 0 aliphatic heterocycles. The predicted molar refractivity (Wildman–Crippen MR) is 89.8 cm³/mol. The van der Waals surface area contributed by atoms with Crippen LogP contribution in [0.25, 0.3) is 22.4 Å². The lowest BCUT2D eigenvalue weighted by Crippen LogP contribution is -2.08. The molecule has 2 heterocycles. The van der Waals surface area contributed by atoms with E-state index in [1.807, 2.05) is 48.5 Å². The fraction of sp³-hybridized carbons (Fsp3) is 0.105. The van der Waals surface area contributed by atoms with E-state index in [0.29, 0.717) is 11.5 Å². The molecule has 0 unspecified atom stereocenters. The number of para-hydroxylation sites is 1. The summed E-state index contributed by atoms with van der Waals surface area (Å²) in [7, 11) is 0. The van der Waals surface area contributed by atoms with Crippen LogP contribution < -0.4 is 0 Å². The highest BCUT2D eigenvalue weighted by molar-refractivity contribution is 5.92. The molecule has 0 N–H and O–H groups in total. The molecule has 6 nitrogen and oxygen atoms in total. The molecule has 4 rings (SSSR count). The van der Waals surface area contributed by atoms with Crippen molar-refractivity contribution < 1.29 is 18.4 Å². The van der Waals surface area contributed by atoms with Crippen LogP contribution >= 0.6 is 0 Å². The van der Waals surface area contributed by atoms with E-state index in [4.69, 9.17) is 13.6 Å². The van der Waals surface area contributed by atoms with Gasteiger partial charge in [0.1, 0.15) is 5.58 Å². The first-order chi connectivity index (χ1) is 12.2. The SMILES string of the molecule is C[C@@H](OC(=O)c1cc2ccccc2o1)c1nnc(-c2ccccc2)o1. The quantitative estimate of drug-likeness (QED) is 0.515. The van der Waals surface area contributed by atoms with Crippen molar-refractivity contribution in [2.45, 2.75) is 13.0 Å². The van der Waals surface area contributed by atoms with Crippen LogP contribution in [0.3, 0.4) is 0 Å². The number of aromatic nitrogens is 2. The number of carbonyl (C=O) groups excluding carboxylic acids is 1. The van der Waals surface area contributed by atoms with E-state index in [2.05, 4.69) is 10.2 Å². The number of ether oxygens (including phenoxy) is 1. The average molecular weight is 334 g/mol. The first-order valence-corrected chi connectivity index (χ1v) is 7.79. The van der Waals surface area contributed by atoms with Crippen LogP contribution in [-0.4, -0.2) is 16.2 Å². The van der Waals surface area contributed by atoms with Gasteiger partial charge < -0.3 is 13.6 Å². The summed E-state index contributed by atoms with van der Waals surface area (Å²) in [4.78, 5) is 12.3. The Kier molecular flexibility index (Phi) is 3.78. The topological polar surface area (TPSA) is 78.4 Å². The summed E-state index contributed by atoms with van der Waals surface area (Å²) in [5, 5.41) is 8.79. The number of rotatable bonds is 4. The largest absolute Gasteiger partial charge is 0.449 e. The minimum Gasteiger partial charge on any atom is -0.449 e. The molecule has 0 aliphatic rings. The summed E-state index contributed by atoms with van der Waals surface area (Å²) < 4.78 is 16.5. The molecule has 0 aliphatic carbocycles. The molecule has 1 atom stereocenters. The fourth-order valence-electron chi connectivity index (χ4n) is 2.45. The number of esters is 1. The van der Waals surface area contributed by atoms with Crippen LogP contribution in [-0.2, 0) is 4.74 Å². The van der Waals surface area contributed by atoms with Crippen molar-refractivity contribution in [3.05, 3.63) is 72.3 Å². The fourth-order valence-corrected chi connectivity index (χ4v) is 2.45. The first kappa shape index (κ1) is 15.1. The Balaban J connectivity index is 1.50. The van der Waals surface area contributed by atoms with Crippen LogP contribution in [0.15, 0.2) is 69.5 Å². The number of furan rings is 1. The molecule has 124 valence electrons. The van der Waals surface area contributed by atoms with Gasteiger partial charge in [-0.2, -0.15) is 0 Å². The summed E-state index contributed by atoms with van der Waals surface area (Å²) in [6, 6.07) is 18.4. The number of hydrogen-bond acceptors (Lipinski definition) is 6. The number of hydrogen-bond donors (Lipinski definition) is 0. The maximum atomic E-state index is 12.3. The molecule has 25 heavy (non-hydrogen) atoms. The highest BCUT2D eigenvalue weighted by atomic mass is 16.6. The third-order valence-electron chi connectivity index (χ3n) is 3.72. The average Bonchev–Trinajstić information content (AvgIpc) is 3.29. The van der Waals surface area contributed by atoms with E-state index in [1.54, 1.807) is 19.1 Å². The van der Waals surface area contributed by atoms with Crippen LogP contribution in [0.2, 0.25) is 0 Å². The predicted octanol–water partition coefficient (Wildman–Crippen LogP) is 4.40. The van der Waals surface area contributed by atoms with Crippen molar-refractivity contribution in [3.63, 3.8) is 0 Å². The molecule has 0 saturated heterocycles. The van der Waals surface area contributed by atoms with E-state index in [9.17, 15) is 4.79 Å². The van der Waals surface area contributed by atoms with Crippen LogP contribution in [0.1, 0.15) is 29.5 Å². The molecule has 0 amide bonds. The van der Waals surface area contributed by atoms with E-state index in [1.165, 1.54) is 0 Å². The smallest absolute Gasteiger partial charge is 0.375 e. The highest BCUT2D eigenvalue weighted by Gasteiger charge is 2.22. The van der Waals surface area contributed by atoms with Crippen molar-refractivity contribution in [2.24, 2.45) is 0 Å². The Morgan fingerprint density at radius 3 is 2.56 bits per heavy atom. The molecule has 0 radical (unpaired) electrons. The van der Waals surface area contributed by atoms with Gasteiger partial charge in [0, 0.05) is 10.9 Å². The number of benzene rings is 2. The minimum atomic E-state index is -0.689. The summed E-state index contributed by atoms with van der Waals surface area (Å²) in [6.45, 7) is 1.67. The van der Waals surface area contributed by atoms with Gasteiger partial charge in [0.15, 0.2) is 6.10 Å². The second kappa shape index (κ2) is 6.24. The second-order valence-electron chi connectivity index (χ2n) is 5.51. The molecule has 0 saturated carbocycles. The zero-order valence-electron chi connectivity index (χ0n) is 13.4. The lowest BCUT2D eigenvalue weighted by atomic mass is 10.2. The summed E-state index contributed by atoms with van der Waals surface area (Å²) >= 11 is 0. The van der Waals surface area contributed by atoms with Gasteiger partial charge in [0.25, 0.3) is 5.89 Å². The van der Waals surface area contributed by atoms with E-state index < -0.39 is 12.1 Å². The van der Waals surface area contributed by atoms with Gasteiger partial charge in [-0.25, -0.2) is 4.79 Å². The van der Waals surface area contributed by atoms with Gasteiger partial charge in [-0.1, -0.05) is 36.4 Å². The molecule has 0 spiro atoms. The third kappa shape index (κ3) is 3.01. The molecule has 2 aromatic carbocycles. The maximum absolute atomic E-state index is 12.3. The van der Waals surface area contributed by atoms with E-state index in [-0.39, 0.29) is 11.7 Å². The van der Waals surface area contributed by atoms with Gasteiger partial charge in [-0.15, -0.1) is 10.2 Å². The number of carbonyl (C=O) groups is 1. The van der Waals surface area contributed by atoms with Gasteiger partial charge >= 0.3 is 5.97 Å². The Bertz CT molecular complexity index is 987. The van der Waals surface area contributed by atoms with Gasteiger partial charge in [0.2, 0.25) is 11.7 Å². The van der Waals surface area contributed by atoms with Crippen molar-refractivity contribution in [1.82, 2.24) is 10.2 Å². The van der Waals surface area contributed by atoms with Crippen LogP contribution in [0, 0.1) is 0 Å². The monoisotopic (exact) mass is 334 g/mol. The summed E-state index contributed by atoms with van der Waals surface area (Å²) in [6.07, 6.45) is -0.689. The number of fused-ring (bicyclic) bond motifs is 1. The number of nitrogens with zero attached hydrogens (tertiary/aromatic N) is 2. The van der Waals surface area contributed by atoms with E-state index in [0.717, 1.165) is 10.9 Å². The molecule has 0 bridgehead atoms. The van der Waals surface area contributed by atoms with Gasteiger partial charge in [-0.3, -0.25) is 0 Å². The van der Waals surface area contributed by atoms with Crippen molar-refractivity contribution in [1.29, 1.82) is 0 Å². The molecule has 6 heteroatoms.